The number of phenolic OH excluding ortho intramolecular Hbond substituents is 1. The third kappa shape index (κ3) is 14.2. The Bertz CT molecular complexity index is 2890. The molecule has 28 heteroatoms. The Morgan fingerprint density at radius 3 is 1.54 bits per heavy atom. The zero-order valence-corrected chi connectivity index (χ0v) is 36.4. The normalized spacial score (nSPS) is 11.9. The van der Waals surface area contributed by atoms with Crippen LogP contribution in [-0.4, -0.2) is 107 Å². The summed E-state index contributed by atoms with van der Waals surface area (Å²) in [6.45, 7) is 1.43. The van der Waals surface area contributed by atoms with Crippen LogP contribution in [0.5, 0.6) is 11.5 Å². The molecular formula is C39H34Cl2N10O15S. The summed E-state index contributed by atoms with van der Waals surface area (Å²) >= 11 is 13.0. The van der Waals surface area contributed by atoms with Gasteiger partial charge in [0.25, 0.3) is 10.1 Å². The quantitative estimate of drug-likeness (QED) is 0.0135. The van der Waals surface area contributed by atoms with Gasteiger partial charge in [0.05, 0.1) is 67.4 Å². The second kappa shape index (κ2) is 21.7. The molecule has 0 aliphatic carbocycles. The highest BCUT2D eigenvalue weighted by Gasteiger charge is 2.21. The average Bonchev–Trinajstić information content (AvgIpc) is 3.25. The summed E-state index contributed by atoms with van der Waals surface area (Å²) in [7, 11) is -4.28. The van der Waals surface area contributed by atoms with Gasteiger partial charge in [0, 0.05) is 12.1 Å². The predicted molar refractivity (Wildman–Crippen MR) is 237 cm³/mol. The number of aromatic carboxylic acids is 4. The van der Waals surface area contributed by atoms with Gasteiger partial charge in [-0.05, 0) is 67.8 Å². The first-order chi connectivity index (χ1) is 31.6. The number of halogens is 2. The van der Waals surface area contributed by atoms with Crippen molar-refractivity contribution in [2.45, 2.75) is 32.2 Å². The molecule has 1 aromatic heterocycles. The van der Waals surface area contributed by atoms with Crippen LogP contribution in [0, 0.1) is 0 Å². The molecule has 0 spiro atoms. The molecule has 5 aromatic rings. The number of carbonyl (C=O) groups is 5. The molecule has 350 valence electrons. The number of azo groups is 2. The van der Waals surface area contributed by atoms with Crippen LogP contribution in [0.1, 0.15) is 67.6 Å². The third-order valence-electron chi connectivity index (χ3n) is 8.68. The molecule has 0 aliphatic heterocycles. The number of anilines is 5. The van der Waals surface area contributed by atoms with Crippen LogP contribution in [0.2, 0.25) is 10.0 Å². The van der Waals surface area contributed by atoms with Crippen LogP contribution in [-0.2, 0) is 14.9 Å². The van der Waals surface area contributed by atoms with E-state index in [1.54, 1.807) is 6.92 Å². The van der Waals surface area contributed by atoms with E-state index < -0.39 is 57.5 Å². The lowest BCUT2D eigenvalue weighted by molar-refractivity contribution is -0.138. The van der Waals surface area contributed by atoms with Crippen LogP contribution in [0.15, 0.2) is 81.1 Å². The summed E-state index contributed by atoms with van der Waals surface area (Å²) in [5.41, 5.74) is -2.18. The van der Waals surface area contributed by atoms with E-state index in [4.69, 9.17) is 32.5 Å². The van der Waals surface area contributed by atoms with Crippen LogP contribution in [0.25, 0.3) is 0 Å². The van der Waals surface area contributed by atoms with Gasteiger partial charge in [-0.15, -0.1) is 10.2 Å². The molecule has 5 rings (SSSR count). The Labute approximate surface area is 386 Å². The maximum atomic E-state index is 12.0. The Balaban J connectivity index is 1.52. The standard InChI is InChI=1S/C39H34Cl2N10O15S/c1-2-25(36(61)62)42-37-45-38(43-28-13-23(40)26(15-30(28)52)50-48-21-9-17(32(53)54)7-18(10-21)33(55)56)47-39(46-37)44-29-14-24(41)27(16-31(29)66-5-3-4-6-67(63,64)65)51-49-22-11-19(34(57)58)8-20(12-22)35(59)60/h7-16,25,52H,2-6H2,1H3,(H,53,54)(H,55,56)(H,57,58)(H,59,60)(H,61,62)(H,63,64,65)(H3,42,43,44,45,46,47). The number of unbranched alkanes of at least 4 members (excludes halogenated alkanes) is 1. The van der Waals surface area contributed by atoms with Crippen molar-refractivity contribution in [2.24, 2.45) is 20.5 Å². The summed E-state index contributed by atoms with van der Waals surface area (Å²) in [5, 5.41) is 82.2. The Kier molecular flexibility index (Phi) is 16.2. The average molecular weight is 986 g/mol. The number of nitrogens with zero attached hydrogens (tertiary/aromatic N) is 7. The summed E-state index contributed by atoms with van der Waals surface area (Å²) < 4.78 is 37.6. The van der Waals surface area contributed by atoms with Crippen molar-refractivity contribution in [3.05, 3.63) is 93.0 Å². The first-order valence-corrected chi connectivity index (χ1v) is 21.3. The van der Waals surface area contributed by atoms with E-state index in [9.17, 15) is 63.0 Å². The first kappa shape index (κ1) is 49.9. The molecule has 0 amide bonds. The number of phenols is 1. The van der Waals surface area contributed by atoms with E-state index in [-0.39, 0.29) is 116 Å². The number of hydrogen-bond donors (Lipinski definition) is 10. The number of ether oxygens (including phenoxy) is 1. The van der Waals surface area contributed by atoms with Gasteiger partial charge in [-0.2, -0.15) is 33.6 Å². The number of aliphatic carboxylic acids is 1. The maximum absolute atomic E-state index is 12.0. The molecule has 0 saturated heterocycles. The topological polar surface area (TPSA) is 395 Å². The molecule has 1 heterocycles. The highest BCUT2D eigenvalue weighted by Crippen LogP contribution is 2.40. The number of aromatic nitrogens is 3. The number of nitrogens with one attached hydrogen (secondary N) is 3. The minimum Gasteiger partial charge on any atom is -0.506 e. The minimum atomic E-state index is -4.28. The fourth-order valence-corrected chi connectivity index (χ4v) is 6.45. The van der Waals surface area contributed by atoms with Crippen molar-refractivity contribution in [1.29, 1.82) is 0 Å². The van der Waals surface area contributed by atoms with Gasteiger partial charge in [-0.25, -0.2) is 24.0 Å². The van der Waals surface area contributed by atoms with Gasteiger partial charge < -0.3 is 51.3 Å². The fourth-order valence-electron chi connectivity index (χ4n) is 5.47. The summed E-state index contributed by atoms with van der Waals surface area (Å²) in [4.78, 5) is 71.0. The maximum Gasteiger partial charge on any atom is 0.335 e. The monoisotopic (exact) mass is 984 g/mol. The molecule has 0 bridgehead atoms. The van der Waals surface area contributed by atoms with Crippen LogP contribution in [0.4, 0.5) is 52.0 Å². The lowest BCUT2D eigenvalue weighted by Crippen LogP contribution is -2.29. The van der Waals surface area contributed by atoms with Crippen molar-refractivity contribution in [3.8, 4) is 11.5 Å². The van der Waals surface area contributed by atoms with E-state index in [1.807, 2.05) is 0 Å². The molecule has 1 atom stereocenters. The summed E-state index contributed by atoms with van der Waals surface area (Å²) in [5.74, 6) is -8.99. The van der Waals surface area contributed by atoms with Crippen molar-refractivity contribution in [2.75, 3.05) is 28.3 Å². The molecule has 0 aliphatic rings. The molecule has 10 N–H and O–H groups in total. The molecule has 25 nitrogen and oxygen atoms in total. The largest absolute Gasteiger partial charge is 0.506 e. The van der Waals surface area contributed by atoms with E-state index >= 15 is 0 Å². The highest BCUT2D eigenvalue weighted by molar-refractivity contribution is 7.85. The number of carboxylic acid groups (broad SMARTS) is 5. The zero-order chi connectivity index (χ0) is 49.2. The second-order valence-corrected chi connectivity index (χ2v) is 16.0. The molecular weight excluding hydrogens is 951 g/mol. The lowest BCUT2D eigenvalue weighted by Gasteiger charge is -2.17. The van der Waals surface area contributed by atoms with Gasteiger partial charge >= 0.3 is 29.8 Å². The van der Waals surface area contributed by atoms with Gasteiger partial charge in [-0.3, -0.25) is 4.55 Å². The van der Waals surface area contributed by atoms with Gasteiger partial charge in [0.1, 0.15) is 28.9 Å². The van der Waals surface area contributed by atoms with E-state index in [1.165, 1.54) is 18.2 Å². The Morgan fingerprint density at radius 1 is 0.642 bits per heavy atom. The Hall–Kier alpha value is -8.07. The number of aromatic hydroxyl groups is 1. The van der Waals surface area contributed by atoms with Crippen LogP contribution < -0.4 is 20.7 Å². The van der Waals surface area contributed by atoms with Crippen LogP contribution in [0.3, 0.4) is 0 Å². The molecule has 4 aromatic carbocycles. The van der Waals surface area contributed by atoms with E-state index in [2.05, 4.69) is 51.4 Å². The first-order valence-electron chi connectivity index (χ1n) is 18.9. The number of benzene rings is 4. The number of rotatable bonds is 22. The molecule has 67 heavy (non-hydrogen) atoms. The smallest absolute Gasteiger partial charge is 0.335 e. The highest BCUT2D eigenvalue weighted by atomic mass is 35.5. The van der Waals surface area contributed by atoms with Crippen molar-refractivity contribution in [3.63, 3.8) is 0 Å². The van der Waals surface area contributed by atoms with Crippen molar-refractivity contribution in [1.82, 2.24) is 15.0 Å². The summed E-state index contributed by atoms with van der Waals surface area (Å²) in [6, 6.07) is 9.68. The van der Waals surface area contributed by atoms with Gasteiger partial charge in [0.2, 0.25) is 17.8 Å². The number of carboxylic acids is 5. The van der Waals surface area contributed by atoms with E-state index in [0.717, 1.165) is 42.5 Å². The predicted octanol–water partition coefficient (Wildman–Crippen LogP) is 8.32. The molecule has 0 radical (unpaired) electrons. The van der Waals surface area contributed by atoms with Crippen molar-refractivity contribution >= 4 is 115 Å². The second-order valence-electron chi connectivity index (χ2n) is 13.6. The third-order valence-corrected chi connectivity index (χ3v) is 10.1. The van der Waals surface area contributed by atoms with Gasteiger partial charge in [-0.1, -0.05) is 30.1 Å². The fraction of sp³-hybridized carbons (Fsp3) is 0.179. The lowest BCUT2D eigenvalue weighted by atomic mass is 10.1. The zero-order valence-electron chi connectivity index (χ0n) is 34.1. The Morgan fingerprint density at radius 2 is 1.09 bits per heavy atom. The van der Waals surface area contributed by atoms with Crippen molar-refractivity contribution < 1.29 is 72.3 Å². The number of hydrogen-bond acceptors (Lipinski definition) is 19. The molecule has 0 saturated carbocycles. The SMILES string of the molecule is CCC(Nc1nc(Nc2cc(Cl)c(N=Nc3cc(C(=O)O)cc(C(=O)O)c3)cc2O)nc(Nc2cc(Cl)c(N=Nc3cc(C(=O)O)cc(C(=O)O)c3)cc2OCCCCS(=O)(=O)O)n1)C(=O)O. The minimum absolute atomic E-state index is 0.0116. The molecule has 0 fully saturated rings. The summed E-state index contributed by atoms with van der Waals surface area (Å²) in [6.07, 6.45) is 0.161. The van der Waals surface area contributed by atoms with Gasteiger partial charge in [0.15, 0.2) is 0 Å². The van der Waals surface area contributed by atoms with Crippen LogP contribution >= 0.6 is 23.2 Å². The molecule has 1 unspecified atom stereocenters. The van der Waals surface area contributed by atoms with E-state index in [0.29, 0.717) is 0 Å².